The van der Waals surface area contributed by atoms with E-state index in [4.69, 9.17) is 9.47 Å². The maximum atomic E-state index is 12.0. The van der Waals surface area contributed by atoms with Gasteiger partial charge >= 0.3 is 0 Å². The van der Waals surface area contributed by atoms with E-state index in [-0.39, 0.29) is 5.91 Å². The number of amides is 1. The van der Waals surface area contributed by atoms with Crippen LogP contribution in [0.25, 0.3) is 0 Å². The second-order valence-corrected chi connectivity index (χ2v) is 4.51. The van der Waals surface area contributed by atoms with Gasteiger partial charge in [-0.25, -0.2) is 0 Å². The highest BCUT2D eigenvalue weighted by atomic mass is 16.5. The van der Waals surface area contributed by atoms with Gasteiger partial charge in [-0.3, -0.25) is 9.78 Å². The number of aromatic nitrogens is 1. The normalized spacial score (nSPS) is 11.5. The highest BCUT2D eigenvalue weighted by Crippen LogP contribution is 2.19. The van der Waals surface area contributed by atoms with Gasteiger partial charge in [0.1, 0.15) is 11.5 Å². The SMILES string of the molecule is COc1cccc(O[C@@H](C)C(=O)NCc2ccncc2)c1. The summed E-state index contributed by atoms with van der Waals surface area (Å²) in [6.45, 7) is 2.16. The van der Waals surface area contributed by atoms with Gasteiger partial charge in [0.25, 0.3) is 5.91 Å². The lowest BCUT2D eigenvalue weighted by atomic mass is 10.2. The molecule has 5 nitrogen and oxygen atoms in total. The first-order valence-electron chi connectivity index (χ1n) is 6.66. The molecule has 0 aliphatic heterocycles. The van der Waals surface area contributed by atoms with Gasteiger partial charge in [-0.05, 0) is 36.8 Å². The van der Waals surface area contributed by atoms with Gasteiger partial charge < -0.3 is 14.8 Å². The highest BCUT2D eigenvalue weighted by Gasteiger charge is 2.14. The zero-order valence-corrected chi connectivity index (χ0v) is 12.1. The van der Waals surface area contributed by atoms with Gasteiger partial charge in [0, 0.05) is 25.0 Å². The molecule has 110 valence electrons. The standard InChI is InChI=1S/C16H18N2O3/c1-12(21-15-5-3-4-14(10-15)20-2)16(19)18-11-13-6-8-17-9-7-13/h3-10,12H,11H2,1-2H3,(H,18,19)/t12-/m0/s1. The third kappa shape index (κ3) is 4.49. The van der Waals surface area contributed by atoms with Crippen LogP contribution in [-0.4, -0.2) is 24.1 Å². The summed E-state index contributed by atoms with van der Waals surface area (Å²) in [5.41, 5.74) is 0.993. The lowest BCUT2D eigenvalue weighted by molar-refractivity contribution is -0.127. The molecule has 0 saturated carbocycles. The minimum Gasteiger partial charge on any atom is -0.497 e. The Bertz CT molecular complexity index is 587. The predicted molar refractivity (Wildman–Crippen MR) is 79.2 cm³/mol. The van der Waals surface area contributed by atoms with Crippen molar-refractivity contribution in [2.24, 2.45) is 0 Å². The largest absolute Gasteiger partial charge is 0.497 e. The Morgan fingerprint density at radius 2 is 1.95 bits per heavy atom. The number of nitrogens with zero attached hydrogens (tertiary/aromatic N) is 1. The van der Waals surface area contributed by atoms with E-state index in [1.54, 1.807) is 38.6 Å². The number of carbonyl (C=O) groups is 1. The van der Waals surface area contributed by atoms with Gasteiger partial charge in [0.2, 0.25) is 0 Å². The topological polar surface area (TPSA) is 60.5 Å². The molecule has 0 aliphatic rings. The zero-order valence-electron chi connectivity index (χ0n) is 12.1. The smallest absolute Gasteiger partial charge is 0.261 e. The molecule has 5 heteroatoms. The number of ether oxygens (including phenoxy) is 2. The third-order valence-electron chi connectivity index (χ3n) is 2.94. The van der Waals surface area contributed by atoms with E-state index in [1.165, 1.54) is 0 Å². The van der Waals surface area contributed by atoms with E-state index in [9.17, 15) is 4.79 Å². The number of hydrogen-bond donors (Lipinski definition) is 1. The van der Waals surface area contributed by atoms with E-state index < -0.39 is 6.10 Å². The molecule has 1 aromatic heterocycles. The van der Waals surface area contributed by atoms with Crippen LogP contribution >= 0.6 is 0 Å². The summed E-state index contributed by atoms with van der Waals surface area (Å²) in [5, 5.41) is 2.82. The van der Waals surface area contributed by atoms with Crippen molar-refractivity contribution in [1.29, 1.82) is 0 Å². The highest BCUT2D eigenvalue weighted by molar-refractivity contribution is 5.80. The molecule has 0 saturated heterocycles. The van der Waals surface area contributed by atoms with Crippen molar-refractivity contribution in [3.05, 3.63) is 54.4 Å². The van der Waals surface area contributed by atoms with Crippen LogP contribution in [0, 0.1) is 0 Å². The second-order valence-electron chi connectivity index (χ2n) is 4.51. The lowest BCUT2D eigenvalue weighted by Crippen LogP contribution is -2.35. The van der Waals surface area contributed by atoms with Gasteiger partial charge in [0.15, 0.2) is 6.10 Å². The van der Waals surface area contributed by atoms with Crippen LogP contribution in [0.5, 0.6) is 11.5 Å². The molecular formula is C16H18N2O3. The number of hydrogen-bond acceptors (Lipinski definition) is 4. The molecule has 21 heavy (non-hydrogen) atoms. The Morgan fingerprint density at radius 3 is 2.67 bits per heavy atom. The molecule has 0 spiro atoms. The third-order valence-corrected chi connectivity index (χ3v) is 2.94. The molecule has 1 heterocycles. The molecule has 0 radical (unpaired) electrons. The Morgan fingerprint density at radius 1 is 1.24 bits per heavy atom. The summed E-state index contributed by atoms with van der Waals surface area (Å²) in [7, 11) is 1.59. The molecule has 0 unspecified atom stereocenters. The van der Waals surface area contributed by atoms with Crippen molar-refractivity contribution < 1.29 is 14.3 Å². The Kier molecular flexibility index (Phi) is 5.15. The minimum absolute atomic E-state index is 0.172. The number of rotatable bonds is 6. The molecule has 1 N–H and O–H groups in total. The van der Waals surface area contributed by atoms with Crippen LogP contribution in [0.15, 0.2) is 48.8 Å². The quantitative estimate of drug-likeness (QED) is 0.884. The Balaban J connectivity index is 1.87. The van der Waals surface area contributed by atoms with Gasteiger partial charge in [-0.2, -0.15) is 0 Å². The van der Waals surface area contributed by atoms with E-state index >= 15 is 0 Å². The van der Waals surface area contributed by atoms with Gasteiger partial charge in [0.05, 0.1) is 7.11 Å². The number of methoxy groups -OCH3 is 1. The average Bonchev–Trinajstić information content (AvgIpc) is 2.53. The summed E-state index contributed by atoms with van der Waals surface area (Å²) in [4.78, 5) is 15.9. The molecule has 0 aliphatic carbocycles. The fraction of sp³-hybridized carbons (Fsp3) is 0.250. The molecule has 0 fully saturated rings. The molecule has 1 aromatic carbocycles. The first kappa shape index (κ1) is 14.8. The number of pyridine rings is 1. The maximum Gasteiger partial charge on any atom is 0.261 e. The molecule has 0 bridgehead atoms. The first-order valence-corrected chi connectivity index (χ1v) is 6.66. The first-order chi connectivity index (χ1) is 10.2. The van der Waals surface area contributed by atoms with Gasteiger partial charge in [-0.15, -0.1) is 0 Å². The molecular weight excluding hydrogens is 268 g/mol. The van der Waals surface area contributed by atoms with E-state index in [0.717, 1.165) is 5.56 Å². The van der Waals surface area contributed by atoms with E-state index in [2.05, 4.69) is 10.3 Å². The molecule has 1 atom stereocenters. The molecule has 1 amide bonds. The summed E-state index contributed by atoms with van der Waals surface area (Å²) in [6.07, 6.45) is 2.80. The fourth-order valence-electron chi connectivity index (χ4n) is 1.77. The second kappa shape index (κ2) is 7.28. The van der Waals surface area contributed by atoms with E-state index in [1.807, 2.05) is 24.3 Å². The van der Waals surface area contributed by atoms with Crippen molar-refractivity contribution in [2.75, 3.05) is 7.11 Å². The monoisotopic (exact) mass is 286 g/mol. The maximum absolute atomic E-state index is 12.0. The summed E-state index contributed by atoms with van der Waals surface area (Å²) in [6, 6.07) is 10.9. The predicted octanol–water partition coefficient (Wildman–Crippen LogP) is 2.17. The number of benzene rings is 1. The van der Waals surface area contributed by atoms with Crippen LogP contribution < -0.4 is 14.8 Å². The Hall–Kier alpha value is -2.56. The van der Waals surface area contributed by atoms with Crippen molar-refractivity contribution in [3.8, 4) is 11.5 Å². The zero-order chi connectivity index (χ0) is 15.1. The molecule has 2 aromatic rings. The Labute approximate surface area is 123 Å². The van der Waals surface area contributed by atoms with Crippen molar-refractivity contribution in [3.63, 3.8) is 0 Å². The summed E-state index contributed by atoms with van der Waals surface area (Å²) < 4.78 is 10.7. The molecule has 2 rings (SSSR count). The average molecular weight is 286 g/mol. The summed E-state index contributed by atoms with van der Waals surface area (Å²) >= 11 is 0. The van der Waals surface area contributed by atoms with Crippen LogP contribution in [0.3, 0.4) is 0 Å². The van der Waals surface area contributed by atoms with E-state index in [0.29, 0.717) is 18.0 Å². The fourth-order valence-corrected chi connectivity index (χ4v) is 1.77. The summed E-state index contributed by atoms with van der Waals surface area (Å²) in [5.74, 6) is 1.12. The van der Waals surface area contributed by atoms with Crippen molar-refractivity contribution >= 4 is 5.91 Å². The van der Waals surface area contributed by atoms with Crippen molar-refractivity contribution in [1.82, 2.24) is 10.3 Å². The number of carbonyl (C=O) groups excluding carboxylic acids is 1. The van der Waals surface area contributed by atoms with Crippen LogP contribution in [0.2, 0.25) is 0 Å². The number of nitrogens with one attached hydrogen (secondary N) is 1. The minimum atomic E-state index is -0.584. The van der Waals surface area contributed by atoms with Crippen LogP contribution in [-0.2, 0) is 11.3 Å². The van der Waals surface area contributed by atoms with Crippen LogP contribution in [0.4, 0.5) is 0 Å². The van der Waals surface area contributed by atoms with Crippen LogP contribution in [0.1, 0.15) is 12.5 Å². The van der Waals surface area contributed by atoms with Crippen molar-refractivity contribution in [2.45, 2.75) is 19.6 Å². The van der Waals surface area contributed by atoms with Gasteiger partial charge in [-0.1, -0.05) is 6.07 Å². The lowest BCUT2D eigenvalue weighted by Gasteiger charge is -2.15.